The number of fused-ring (bicyclic) bond motifs is 8. The summed E-state index contributed by atoms with van der Waals surface area (Å²) in [6.07, 6.45) is 0. The van der Waals surface area contributed by atoms with Crippen LogP contribution in [0.1, 0.15) is 0 Å². The van der Waals surface area contributed by atoms with Gasteiger partial charge in [0, 0.05) is 48.1 Å². The van der Waals surface area contributed by atoms with E-state index >= 15 is 0 Å². The van der Waals surface area contributed by atoms with Crippen LogP contribution in [0, 0.1) is 0 Å². The fourth-order valence-electron chi connectivity index (χ4n) is 8.66. The largest absolute Gasteiger partial charge is 0.456 e. The van der Waals surface area contributed by atoms with E-state index < -0.39 is 0 Å². The van der Waals surface area contributed by atoms with Crippen LogP contribution in [-0.4, -0.2) is 4.98 Å². The van der Waals surface area contributed by atoms with Crippen LogP contribution >= 0.6 is 22.7 Å². The molecule has 3 aromatic heterocycles. The summed E-state index contributed by atoms with van der Waals surface area (Å²) >= 11 is 3.59. The van der Waals surface area contributed by atoms with Gasteiger partial charge in [-0.05, 0) is 88.5 Å². The number of thiophene rings is 1. The van der Waals surface area contributed by atoms with Gasteiger partial charge < -0.3 is 9.32 Å². The van der Waals surface area contributed by atoms with Gasteiger partial charge in [0.15, 0.2) is 0 Å². The molecule has 60 heavy (non-hydrogen) atoms. The second kappa shape index (κ2) is 14.2. The maximum atomic E-state index is 6.51. The van der Waals surface area contributed by atoms with E-state index in [4.69, 9.17) is 9.40 Å². The van der Waals surface area contributed by atoms with E-state index in [9.17, 15) is 0 Å². The number of rotatable bonds is 7. The van der Waals surface area contributed by atoms with E-state index in [1.54, 1.807) is 11.3 Å². The van der Waals surface area contributed by atoms with Crippen LogP contribution in [0.25, 0.3) is 96.3 Å². The highest BCUT2D eigenvalue weighted by Gasteiger charge is 2.20. The summed E-state index contributed by atoms with van der Waals surface area (Å²) in [5.74, 6) is 0. The number of benzene rings is 9. The molecule has 0 saturated carbocycles. The number of hydrogen-bond donors (Lipinski definition) is 0. The standard InChI is InChI=1S/C55H34N2OS2/c1-3-12-36(13-4-1)42-16-7-9-20-47(42)57(41-29-24-37(25-30-41)43-18-11-19-45-44-17-8-10-21-50(44)59-54(43)45)40-27-22-35(23-28-40)39-26-31-46-49(34-39)58-48-32-33-51-53(52(46)48)56-55(60-51)38-14-5-2-6-15-38/h1-34H. The van der Waals surface area contributed by atoms with E-state index in [-0.39, 0.29) is 0 Å². The minimum atomic E-state index is 0.856. The zero-order chi connectivity index (χ0) is 39.6. The lowest BCUT2D eigenvalue weighted by atomic mass is 9.99. The molecule has 0 aliphatic carbocycles. The Bertz CT molecular complexity index is 3530. The van der Waals surface area contributed by atoms with Crippen molar-refractivity contribution in [2.24, 2.45) is 0 Å². The normalized spacial score (nSPS) is 11.7. The summed E-state index contributed by atoms with van der Waals surface area (Å²) < 4.78 is 10.3. The third kappa shape index (κ3) is 5.82. The van der Waals surface area contributed by atoms with Crippen molar-refractivity contribution in [3.8, 4) is 44.0 Å². The van der Waals surface area contributed by atoms with Gasteiger partial charge in [0.2, 0.25) is 0 Å². The molecule has 0 fully saturated rings. The molecule has 0 spiro atoms. The third-order valence-electron chi connectivity index (χ3n) is 11.5. The van der Waals surface area contributed by atoms with Crippen LogP contribution in [0.5, 0.6) is 0 Å². The van der Waals surface area contributed by atoms with Crippen molar-refractivity contribution in [1.29, 1.82) is 0 Å². The Kier molecular flexibility index (Phi) is 8.22. The molecule has 5 heteroatoms. The van der Waals surface area contributed by atoms with Crippen molar-refractivity contribution in [2.75, 3.05) is 4.90 Å². The molecule has 0 aliphatic rings. The summed E-state index contributed by atoms with van der Waals surface area (Å²) in [6.45, 7) is 0. The highest BCUT2D eigenvalue weighted by atomic mass is 32.1. The molecule has 0 saturated heterocycles. The Labute approximate surface area is 354 Å². The highest BCUT2D eigenvalue weighted by molar-refractivity contribution is 7.26. The molecule has 3 heterocycles. The van der Waals surface area contributed by atoms with Crippen LogP contribution in [-0.2, 0) is 0 Å². The molecule has 12 rings (SSSR count). The Balaban J connectivity index is 0.933. The Morgan fingerprint density at radius 3 is 1.83 bits per heavy atom. The molecule has 0 aliphatic heterocycles. The Hall–Kier alpha value is -7.31. The van der Waals surface area contributed by atoms with Gasteiger partial charge in [0.05, 0.1) is 21.3 Å². The first-order chi connectivity index (χ1) is 29.7. The number of furan rings is 1. The van der Waals surface area contributed by atoms with Gasteiger partial charge in [-0.15, -0.1) is 22.7 Å². The van der Waals surface area contributed by atoms with Crippen LogP contribution in [0.2, 0.25) is 0 Å². The molecule has 0 unspecified atom stereocenters. The molecule has 12 aromatic rings. The van der Waals surface area contributed by atoms with Crippen LogP contribution < -0.4 is 4.90 Å². The molecular weight excluding hydrogens is 769 g/mol. The predicted octanol–water partition coefficient (Wildman–Crippen LogP) is 16.7. The van der Waals surface area contributed by atoms with Crippen LogP contribution in [0.15, 0.2) is 211 Å². The van der Waals surface area contributed by atoms with E-state index in [0.717, 1.165) is 70.9 Å². The number of aromatic nitrogens is 1. The van der Waals surface area contributed by atoms with Gasteiger partial charge in [-0.2, -0.15) is 0 Å². The van der Waals surface area contributed by atoms with Gasteiger partial charge in [0.1, 0.15) is 16.2 Å². The van der Waals surface area contributed by atoms with Gasteiger partial charge in [-0.1, -0.05) is 146 Å². The Morgan fingerprint density at radius 2 is 1.03 bits per heavy atom. The monoisotopic (exact) mass is 802 g/mol. The third-order valence-corrected chi connectivity index (χ3v) is 13.8. The number of hydrogen-bond acceptors (Lipinski definition) is 5. The number of anilines is 3. The van der Waals surface area contributed by atoms with E-state index in [1.165, 1.54) is 42.4 Å². The summed E-state index contributed by atoms with van der Waals surface area (Å²) in [5, 5.41) is 5.80. The average molecular weight is 803 g/mol. The zero-order valence-corrected chi connectivity index (χ0v) is 33.9. The van der Waals surface area contributed by atoms with E-state index in [2.05, 4.69) is 205 Å². The van der Waals surface area contributed by atoms with Crippen molar-refractivity contribution in [3.05, 3.63) is 206 Å². The summed E-state index contributed by atoms with van der Waals surface area (Å²) in [5.41, 5.74) is 14.1. The topological polar surface area (TPSA) is 29.3 Å². The van der Waals surface area contributed by atoms with Crippen LogP contribution in [0.3, 0.4) is 0 Å². The molecule has 282 valence electrons. The second-order valence-corrected chi connectivity index (χ2v) is 17.2. The molecule has 3 nitrogen and oxygen atoms in total. The molecule has 0 amide bonds. The molecule has 0 radical (unpaired) electrons. The number of para-hydroxylation sites is 1. The van der Waals surface area contributed by atoms with Crippen molar-refractivity contribution in [1.82, 2.24) is 4.98 Å². The fraction of sp³-hybridized carbons (Fsp3) is 0. The summed E-state index contributed by atoms with van der Waals surface area (Å²) in [4.78, 5) is 7.49. The average Bonchev–Trinajstić information content (AvgIpc) is 4.04. The minimum absolute atomic E-state index is 0.856. The summed E-state index contributed by atoms with van der Waals surface area (Å²) in [6, 6.07) is 73.8. The van der Waals surface area contributed by atoms with E-state index in [0.29, 0.717) is 0 Å². The SMILES string of the molecule is c1ccc(-c2nc3c(ccc4oc5cc(-c6ccc(N(c7ccc(-c8cccc9c8sc8ccccc89)cc7)c7ccccc7-c7ccccc7)cc6)ccc5c43)s2)cc1. The minimum Gasteiger partial charge on any atom is -0.456 e. The zero-order valence-electron chi connectivity index (χ0n) is 32.2. The van der Waals surface area contributed by atoms with Crippen molar-refractivity contribution in [3.63, 3.8) is 0 Å². The van der Waals surface area contributed by atoms with Gasteiger partial charge in [0.25, 0.3) is 0 Å². The van der Waals surface area contributed by atoms with Crippen molar-refractivity contribution in [2.45, 2.75) is 0 Å². The molecule has 0 N–H and O–H groups in total. The summed E-state index contributed by atoms with van der Waals surface area (Å²) in [7, 11) is 0. The van der Waals surface area contributed by atoms with Crippen molar-refractivity contribution < 1.29 is 4.42 Å². The molecule has 0 bridgehead atoms. The smallest absolute Gasteiger partial charge is 0.137 e. The second-order valence-electron chi connectivity index (χ2n) is 15.1. The van der Waals surface area contributed by atoms with Crippen LogP contribution in [0.4, 0.5) is 17.1 Å². The lowest BCUT2D eigenvalue weighted by molar-refractivity contribution is 0.669. The first kappa shape index (κ1) is 34.7. The van der Waals surface area contributed by atoms with Crippen molar-refractivity contribution >= 4 is 92.1 Å². The highest BCUT2D eigenvalue weighted by Crippen LogP contribution is 2.45. The maximum Gasteiger partial charge on any atom is 0.137 e. The molecule has 0 atom stereocenters. The molecular formula is C55H34N2OS2. The fourth-order valence-corrected chi connectivity index (χ4v) is 10.9. The van der Waals surface area contributed by atoms with Gasteiger partial charge in [-0.3, -0.25) is 0 Å². The lowest BCUT2D eigenvalue weighted by Gasteiger charge is -2.28. The number of thiazole rings is 1. The maximum absolute atomic E-state index is 6.51. The first-order valence-electron chi connectivity index (χ1n) is 20.1. The van der Waals surface area contributed by atoms with Gasteiger partial charge >= 0.3 is 0 Å². The van der Waals surface area contributed by atoms with Gasteiger partial charge in [-0.25, -0.2) is 4.98 Å². The predicted molar refractivity (Wildman–Crippen MR) is 256 cm³/mol. The first-order valence-corrected chi connectivity index (χ1v) is 21.7. The number of nitrogens with zero attached hydrogens (tertiary/aromatic N) is 2. The van der Waals surface area contributed by atoms with E-state index in [1.807, 2.05) is 17.4 Å². The molecule has 9 aromatic carbocycles. The quantitative estimate of drug-likeness (QED) is 0.161. The Morgan fingerprint density at radius 1 is 0.400 bits per heavy atom. The lowest BCUT2D eigenvalue weighted by Crippen LogP contribution is -2.11.